The zero-order valence-electron chi connectivity index (χ0n) is 5.43. The van der Waals surface area contributed by atoms with Crippen LogP contribution in [0.3, 0.4) is 0 Å². The Hall–Kier alpha value is -0.0800. The molecule has 0 bridgehead atoms. The summed E-state index contributed by atoms with van der Waals surface area (Å²) in [5, 5.41) is 1.91. The van der Waals surface area contributed by atoms with Crippen LogP contribution in [0.2, 0.25) is 0 Å². The van der Waals surface area contributed by atoms with Crippen molar-refractivity contribution in [1.82, 2.24) is 5.01 Å². The Bertz CT molecular complexity index is 64.9. The summed E-state index contributed by atoms with van der Waals surface area (Å²) in [7, 11) is 0. The van der Waals surface area contributed by atoms with Crippen LogP contribution in [0.15, 0.2) is 0 Å². The van der Waals surface area contributed by atoms with E-state index in [0.29, 0.717) is 0 Å². The van der Waals surface area contributed by atoms with E-state index in [9.17, 15) is 0 Å². The molecule has 48 valence electrons. The molecule has 1 aliphatic heterocycles. The van der Waals surface area contributed by atoms with Gasteiger partial charge in [0.1, 0.15) is 0 Å². The molecule has 1 fully saturated rings. The molecule has 2 N–H and O–H groups in total. The van der Waals surface area contributed by atoms with Crippen molar-refractivity contribution in [2.75, 3.05) is 13.1 Å². The lowest BCUT2D eigenvalue weighted by atomic mass is 10.0. The molecule has 0 spiro atoms. The summed E-state index contributed by atoms with van der Waals surface area (Å²) >= 11 is 0. The van der Waals surface area contributed by atoms with Crippen molar-refractivity contribution in [2.45, 2.75) is 19.8 Å². The molecule has 8 heavy (non-hydrogen) atoms. The van der Waals surface area contributed by atoms with Crippen LogP contribution >= 0.6 is 0 Å². The maximum Gasteiger partial charge on any atom is 0.0154 e. The summed E-state index contributed by atoms with van der Waals surface area (Å²) in [5.41, 5.74) is 0. The molecule has 0 aliphatic carbocycles. The lowest BCUT2D eigenvalue weighted by Crippen LogP contribution is -2.39. The summed E-state index contributed by atoms with van der Waals surface area (Å²) in [6, 6.07) is 0. The van der Waals surface area contributed by atoms with Crippen LogP contribution < -0.4 is 5.84 Å². The van der Waals surface area contributed by atoms with Crippen LogP contribution in [0.5, 0.6) is 0 Å². The lowest BCUT2D eigenvalue weighted by Gasteiger charge is -2.26. The van der Waals surface area contributed by atoms with Gasteiger partial charge in [0.05, 0.1) is 0 Å². The third kappa shape index (κ3) is 1.46. The van der Waals surface area contributed by atoms with E-state index >= 15 is 0 Å². The Morgan fingerprint density at radius 2 is 2.38 bits per heavy atom. The lowest BCUT2D eigenvalue weighted by molar-refractivity contribution is 0.188. The first-order chi connectivity index (χ1) is 3.79. The molecular weight excluding hydrogens is 100 g/mol. The molecule has 0 amide bonds. The van der Waals surface area contributed by atoms with Crippen LogP contribution in [-0.4, -0.2) is 18.1 Å². The standard InChI is InChI=1S/C6H14N2/c1-6-3-2-4-8(7)5-6/h6H,2-5,7H2,1H3. The highest BCUT2D eigenvalue weighted by atomic mass is 15.4. The number of nitrogens with zero attached hydrogens (tertiary/aromatic N) is 1. The van der Waals surface area contributed by atoms with Gasteiger partial charge in [-0.05, 0) is 18.8 Å². The molecule has 0 saturated carbocycles. The zero-order chi connectivity index (χ0) is 5.98. The molecule has 0 radical (unpaired) electrons. The second kappa shape index (κ2) is 2.46. The fraction of sp³-hybridized carbons (Fsp3) is 1.00. The van der Waals surface area contributed by atoms with Gasteiger partial charge < -0.3 is 0 Å². The first-order valence-corrected chi connectivity index (χ1v) is 3.28. The van der Waals surface area contributed by atoms with Crippen molar-refractivity contribution in [2.24, 2.45) is 11.8 Å². The number of hydrazine groups is 1. The second-order valence-corrected chi connectivity index (χ2v) is 2.74. The highest BCUT2D eigenvalue weighted by Gasteiger charge is 2.11. The average Bonchev–Trinajstić information content (AvgIpc) is 1.64. The van der Waals surface area contributed by atoms with Crippen molar-refractivity contribution < 1.29 is 0 Å². The summed E-state index contributed by atoms with van der Waals surface area (Å²) in [6.07, 6.45) is 2.63. The maximum absolute atomic E-state index is 5.56. The summed E-state index contributed by atoms with van der Waals surface area (Å²) in [4.78, 5) is 0. The monoisotopic (exact) mass is 114 g/mol. The van der Waals surface area contributed by atoms with Crippen LogP contribution in [-0.2, 0) is 0 Å². The molecule has 1 saturated heterocycles. The van der Waals surface area contributed by atoms with Crippen molar-refractivity contribution >= 4 is 0 Å². The number of hydrogen-bond donors (Lipinski definition) is 1. The van der Waals surface area contributed by atoms with Gasteiger partial charge in [-0.1, -0.05) is 6.92 Å². The molecule has 1 unspecified atom stereocenters. The molecule has 0 aromatic heterocycles. The Balaban J connectivity index is 2.23. The summed E-state index contributed by atoms with van der Waals surface area (Å²) in [6.45, 7) is 4.42. The first kappa shape index (κ1) is 6.05. The van der Waals surface area contributed by atoms with E-state index < -0.39 is 0 Å². The van der Waals surface area contributed by atoms with Crippen LogP contribution in [0, 0.1) is 5.92 Å². The highest BCUT2D eigenvalue weighted by molar-refractivity contribution is 4.64. The van der Waals surface area contributed by atoms with E-state index in [1.807, 2.05) is 5.01 Å². The molecular formula is C6H14N2. The van der Waals surface area contributed by atoms with Gasteiger partial charge in [0.2, 0.25) is 0 Å². The van der Waals surface area contributed by atoms with Gasteiger partial charge in [0, 0.05) is 13.1 Å². The fourth-order valence-corrected chi connectivity index (χ4v) is 1.23. The minimum absolute atomic E-state index is 0.814. The first-order valence-electron chi connectivity index (χ1n) is 3.28. The van der Waals surface area contributed by atoms with Crippen LogP contribution in [0.25, 0.3) is 0 Å². The number of nitrogens with two attached hydrogens (primary N) is 1. The fourth-order valence-electron chi connectivity index (χ4n) is 1.23. The topological polar surface area (TPSA) is 29.3 Å². The van der Waals surface area contributed by atoms with Gasteiger partial charge in [0.15, 0.2) is 0 Å². The predicted molar refractivity (Wildman–Crippen MR) is 34.2 cm³/mol. The normalized spacial score (nSPS) is 33.0. The third-order valence-electron chi connectivity index (χ3n) is 1.69. The van der Waals surface area contributed by atoms with Gasteiger partial charge in [0.25, 0.3) is 0 Å². The Labute approximate surface area is 50.6 Å². The van der Waals surface area contributed by atoms with E-state index in [-0.39, 0.29) is 0 Å². The second-order valence-electron chi connectivity index (χ2n) is 2.74. The molecule has 0 aromatic rings. The van der Waals surface area contributed by atoms with Crippen LogP contribution in [0.1, 0.15) is 19.8 Å². The molecule has 1 atom stereocenters. The largest absolute Gasteiger partial charge is 0.269 e. The predicted octanol–water partition coefficient (Wildman–Crippen LogP) is 0.592. The average molecular weight is 114 g/mol. The van der Waals surface area contributed by atoms with E-state index in [0.717, 1.165) is 19.0 Å². The van der Waals surface area contributed by atoms with Gasteiger partial charge in [-0.25, -0.2) is 5.01 Å². The van der Waals surface area contributed by atoms with E-state index in [4.69, 9.17) is 5.84 Å². The quantitative estimate of drug-likeness (QED) is 0.467. The minimum Gasteiger partial charge on any atom is -0.269 e. The highest BCUT2D eigenvalue weighted by Crippen LogP contribution is 2.11. The van der Waals surface area contributed by atoms with Crippen LogP contribution in [0.4, 0.5) is 0 Å². The van der Waals surface area contributed by atoms with Crippen molar-refractivity contribution in [1.29, 1.82) is 0 Å². The van der Waals surface area contributed by atoms with Gasteiger partial charge >= 0.3 is 0 Å². The van der Waals surface area contributed by atoms with Gasteiger partial charge in [-0.15, -0.1) is 0 Å². The van der Waals surface area contributed by atoms with E-state index in [2.05, 4.69) is 6.92 Å². The minimum atomic E-state index is 0.814. The molecule has 1 heterocycles. The molecule has 1 aliphatic rings. The zero-order valence-corrected chi connectivity index (χ0v) is 5.43. The third-order valence-corrected chi connectivity index (χ3v) is 1.69. The molecule has 1 rings (SSSR count). The van der Waals surface area contributed by atoms with Crippen molar-refractivity contribution in [3.8, 4) is 0 Å². The SMILES string of the molecule is CC1CCCN(N)C1. The van der Waals surface area contributed by atoms with E-state index in [1.54, 1.807) is 0 Å². The maximum atomic E-state index is 5.56. The molecule has 2 nitrogen and oxygen atoms in total. The molecule has 0 aromatic carbocycles. The molecule has 2 heteroatoms. The number of rotatable bonds is 0. The van der Waals surface area contributed by atoms with Gasteiger partial charge in [-0.2, -0.15) is 0 Å². The van der Waals surface area contributed by atoms with Crippen molar-refractivity contribution in [3.05, 3.63) is 0 Å². The Kier molecular flexibility index (Phi) is 1.86. The van der Waals surface area contributed by atoms with E-state index in [1.165, 1.54) is 12.8 Å². The smallest absolute Gasteiger partial charge is 0.0154 e. The Morgan fingerprint density at radius 1 is 1.62 bits per heavy atom. The Morgan fingerprint density at radius 3 is 2.75 bits per heavy atom. The summed E-state index contributed by atoms with van der Waals surface area (Å²) in [5.74, 6) is 6.37. The van der Waals surface area contributed by atoms with Gasteiger partial charge in [-0.3, -0.25) is 5.84 Å². The summed E-state index contributed by atoms with van der Waals surface area (Å²) < 4.78 is 0. The van der Waals surface area contributed by atoms with Crippen molar-refractivity contribution in [3.63, 3.8) is 0 Å². The number of hydrogen-bond acceptors (Lipinski definition) is 2. The number of piperidine rings is 1.